The molecule has 2 saturated heterocycles. The number of carbonyl (C=O) groups excluding carboxylic acids is 2. The number of fused-ring (bicyclic) bond motifs is 1. The lowest BCUT2D eigenvalue weighted by Gasteiger charge is -2.28. The van der Waals surface area contributed by atoms with Crippen LogP contribution in [0, 0.1) is 11.8 Å². The maximum Gasteiger partial charge on any atom is 0.246 e. The first-order valence-electron chi connectivity index (χ1n) is 9.59. The molecule has 3 aliphatic heterocycles. The fourth-order valence-corrected chi connectivity index (χ4v) is 5.54. The smallest absolute Gasteiger partial charge is 0.246 e. The normalized spacial score (nSPS) is 27.6. The predicted octanol–water partition coefficient (Wildman–Crippen LogP) is 1.89. The molecule has 0 radical (unpaired) electrons. The summed E-state index contributed by atoms with van der Waals surface area (Å²) >= 11 is 0. The van der Waals surface area contributed by atoms with E-state index in [0.717, 1.165) is 22.6 Å². The van der Waals surface area contributed by atoms with E-state index in [1.165, 1.54) is 6.08 Å². The largest absolute Gasteiger partial charge is 0.333 e. The van der Waals surface area contributed by atoms with E-state index in [0.29, 0.717) is 19.4 Å². The van der Waals surface area contributed by atoms with E-state index in [1.54, 1.807) is 11.1 Å². The number of likely N-dealkylation sites (tertiary alicyclic amines) is 1. The third-order valence-corrected chi connectivity index (χ3v) is 6.69. The second kappa shape index (κ2) is 8.03. The van der Waals surface area contributed by atoms with Gasteiger partial charge in [0.2, 0.25) is 21.8 Å². The summed E-state index contributed by atoms with van der Waals surface area (Å²) in [4.78, 5) is 31.4. The molecular formula is C20H27N3O4S. The van der Waals surface area contributed by atoms with Gasteiger partial charge >= 0.3 is 0 Å². The van der Waals surface area contributed by atoms with Gasteiger partial charge < -0.3 is 4.90 Å². The average Bonchev–Trinajstić information content (AvgIpc) is 3.00. The molecule has 0 aromatic heterocycles. The molecule has 3 atom stereocenters. The highest BCUT2D eigenvalue weighted by molar-refractivity contribution is 7.88. The van der Waals surface area contributed by atoms with Crippen LogP contribution in [-0.2, 0) is 19.6 Å². The molecule has 0 spiro atoms. The Balaban J connectivity index is 1.76. The van der Waals surface area contributed by atoms with Gasteiger partial charge in [0, 0.05) is 25.4 Å². The number of aliphatic imine (C=N–C) groups is 1. The zero-order chi connectivity index (χ0) is 20.5. The Morgan fingerprint density at radius 3 is 2.82 bits per heavy atom. The summed E-state index contributed by atoms with van der Waals surface area (Å²) in [5, 5.41) is 0. The summed E-state index contributed by atoms with van der Waals surface area (Å²) in [6.07, 6.45) is 13.8. The maximum absolute atomic E-state index is 12.8. The lowest BCUT2D eigenvalue weighted by molar-refractivity contribution is -0.131. The Kier molecular flexibility index (Phi) is 5.88. The van der Waals surface area contributed by atoms with Crippen molar-refractivity contribution in [1.82, 2.24) is 9.21 Å². The van der Waals surface area contributed by atoms with Crippen molar-refractivity contribution < 1.29 is 18.0 Å². The molecule has 0 aliphatic carbocycles. The molecule has 8 heteroatoms. The van der Waals surface area contributed by atoms with Crippen molar-refractivity contribution in [3.8, 4) is 0 Å². The molecule has 3 rings (SSSR count). The highest BCUT2D eigenvalue weighted by atomic mass is 32.2. The molecule has 0 N–H and O–H groups in total. The summed E-state index contributed by atoms with van der Waals surface area (Å²) in [6.45, 7) is 4.25. The molecule has 0 aromatic rings. The van der Waals surface area contributed by atoms with Gasteiger partial charge in [-0.25, -0.2) is 12.7 Å². The summed E-state index contributed by atoms with van der Waals surface area (Å²) in [6, 6.07) is -0.860. The SMILES string of the molecule is CC(C)[C@H]1C(=O)N(S(C)(=O)=O)[C@H]2CCN(C(=O)C=CCC3=CCC=NC=C3)[C@H]12. The molecule has 7 nitrogen and oxygen atoms in total. The number of hydrogen-bond donors (Lipinski definition) is 0. The minimum atomic E-state index is -3.66. The van der Waals surface area contributed by atoms with Gasteiger partial charge in [-0.1, -0.05) is 26.0 Å². The molecular weight excluding hydrogens is 378 g/mol. The topological polar surface area (TPSA) is 87.1 Å². The van der Waals surface area contributed by atoms with E-state index in [-0.39, 0.29) is 17.7 Å². The monoisotopic (exact) mass is 405 g/mol. The van der Waals surface area contributed by atoms with Gasteiger partial charge in [0.15, 0.2) is 0 Å². The van der Waals surface area contributed by atoms with E-state index in [9.17, 15) is 18.0 Å². The number of hydrogen-bond acceptors (Lipinski definition) is 5. The molecule has 28 heavy (non-hydrogen) atoms. The summed E-state index contributed by atoms with van der Waals surface area (Å²) in [7, 11) is -3.66. The van der Waals surface area contributed by atoms with E-state index in [1.807, 2.05) is 32.2 Å². The molecule has 0 saturated carbocycles. The van der Waals surface area contributed by atoms with Gasteiger partial charge in [0.1, 0.15) is 0 Å². The fourth-order valence-electron chi connectivity index (χ4n) is 4.37. The summed E-state index contributed by atoms with van der Waals surface area (Å²) in [5.41, 5.74) is 1.08. The summed E-state index contributed by atoms with van der Waals surface area (Å²) < 4.78 is 25.4. The first-order valence-corrected chi connectivity index (χ1v) is 11.4. The minimum absolute atomic E-state index is 0.0505. The number of allylic oxidation sites excluding steroid dienone is 4. The number of rotatable bonds is 5. The Morgan fingerprint density at radius 1 is 1.39 bits per heavy atom. The van der Waals surface area contributed by atoms with Crippen molar-refractivity contribution in [2.24, 2.45) is 16.8 Å². The molecule has 3 aliphatic rings. The second-order valence-electron chi connectivity index (χ2n) is 7.81. The zero-order valence-electron chi connectivity index (χ0n) is 16.5. The van der Waals surface area contributed by atoms with Crippen LogP contribution in [0.3, 0.4) is 0 Å². The molecule has 3 heterocycles. The third kappa shape index (κ3) is 3.97. The molecule has 2 fully saturated rings. The molecule has 2 amide bonds. The quantitative estimate of drug-likeness (QED) is 0.654. The van der Waals surface area contributed by atoms with Crippen LogP contribution in [0.5, 0.6) is 0 Å². The maximum atomic E-state index is 12.8. The van der Waals surface area contributed by atoms with Crippen LogP contribution < -0.4 is 0 Å². The zero-order valence-corrected chi connectivity index (χ0v) is 17.3. The van der Waals surface area contributed by atoms with Crippen LogP contribution in [-0.4, -0.2) is 60.5 Å². The van der Waals surface area contributed by atoms with Gasteiger partial charge in [0.05, 0.1) is 24.3 Å². The van der Waals surface area contributed by atoms with Crippen LogP contribution in [0.4, 0.5) is 0 Å². The van der Waals surface area contributed by atoms with E-state index >= 15 is 0 Å². The van der Waals surface area contributed by atoms with Crippen LogP contribution in [0.15, 0.2) is 41.1 Å². The van der Waals surface area contributed by atoms with Crippen molar-refractivity contribution in [1.29, 1.82) is 0 Å². The Morgan fingerprint density at radius 2 is 2.14 bits per heavy atom. The Bertz CT molecular complexity index is 870. The highest BCUT2D eigenvalue weighted by Crippen LogP contribution is 2.41. The Labute approximate surface area is 166 Å². The van der Waals surface area contributed by atoms with E-state index in [2.05, 4.69) is 11.1 Å². The molecule has 0 bridgehead atoms. The summed E-state index contributed by atoms with van der Waals surface area (Å²) in [5.74, 6) is -1.10. The number of amides is 2. The molecule has 0 aromatic carbocycles. The van der Waals surface area contributed by atoms with Gasteiger partial charge in [0.25, 0.3) is 0 Å². The van der Waals surface area contributed by atoms with Crippen LogP contribution in [0.1, 0.15) is 33.1 Å². The van der Waals surface area contributed by atoms with Crippen molar-refractivity contribution in [3.05, 3.63) is 36.1 Å². The number of nitrogens with zero attached hydrogens (tertiary/aromatic N) is 3. The van der Waals surface area contributed by atoms with Crippen LogP contribution in [0.2, 0.25) is 0 Å². The lowest BCUT2D eigenvalue weighted by atomic mass is 9.88. The van der Waals surface area contributed by atoms with Crippen molar-refractivity contribution in [2.75, 3.05) is 12.8 Å². The molecule has 152 valence electrons. The van der Waals surface area contributed by atoms with E-state index < -0.39 is 28.0 Å². The fraction of sp³-hybridized carbons (Fsp3) is 0.550. The van der Waals surface area contributed by atoms with Gasteiger partial charge in [-0.15, -0.1) is 0 Å². The van der Waals surface area contributed by atoms with Gasteiger partial charge in [-0.3, -0.25) is 14.6 Å². The standard InChI is InChI=1S/C20H27N3O4S/c1-14(2)18-19-16(23(20(18)25)28(3,26)27)10-13-22(19)17(24)8-4-6-15-7-5-11-21-12-9-15/h4,7-9,11-12,14,16,18-19H,5-6,10,13H2,1-3H3/t16-,18+,19-/m0/s1. The number of sulfonamides is 1. The Hall–Kier alpha value is -2.22. The first-order chi connectivity index (χ1) is 13.2. The van der Waals surface area contributed by atoms with Gasteiger partial charge in [-0.05, 0) is 36.5 Å². The average molecular weight is 406 g/mol. The lowest BCUT2D eigenvalue weighted by Crippen LogP contribution is -2.43. The highest BCUT2D eigenvalue weighted by Gasteiger charge is 2.58. The van der Waals surface area contributed by atoms with Crippen molar-refractivity contribution >= 4 is 28.1 Å². The van der Waals surface area contributed by atoms with E-state index in [4.69, 9.17) is 0 Å². The van der Waals surface area contributed by atoms with Crippen molar-refractivity contribution in [3.63, 3.8) is 0 Å². The second-order valence-corrected chi connectivity index (χ2v) is 9.67. The van der Waals surface area contributed by atoms with Crippen molar-refractivity contribution in [2.45, 2.75) is 45.2 Å². The van der Waals surface area contributed by atoms with Gasteiger partial charge in [-0.2, -0.15) is 0 Å². The third-order valence-electron chi connectivity index (χ3n) is 5.53. The first kappa shape index (κ1) is 20.5. The number of carbonyl (C=O) groups is 2. The predicted molar refractivity (Wildman–Crippen MR) is 108 cm³/mol. The van der Waals surface area contributed by atoms with Crippen LogP contribution in [0.25, 0.3) is 0 Å². The molecule has 0 unspecified atom stereocenters. The van der Waals surface area contributed by atoms with Crippen LogP contribution >= 0.6 is 0 Å². The minimum Gasteiger partial charge on any atom is -0.333 e.